The van der Waals surface area contributed by atoms with Crippen molar-refractivity contribution in [2.24, 2.45) is 0 Å². The Balaban J connectivity index is 0.00000338. The van der Waals surface area contributed by atoms with Gasteiger partial charge in [-0.1, -0.05) is 0 Å². The first-order chi connectivity index (χ1) is 11.9. The van der Waals surface area contributed by atoms with Gasteiger partial charge in [0.25, 0.3) is 0 Å². The van der Waals surface area contributed by atoms with Crippen LogP contribution in [0.4, 0.5) is 0 Å². The van der Waals surface area contributed by atoms with E-state index in [1.54, 1.807) is 0 Å². The van der Waals surface area contributed by atoms with Gasteiger partial charge in [0.2, 0.25) is 0 Å². The minimum atomic E-state index is -1.54. The van der Waals surface area contributed by atoms with Gasteiger partial charge in [0.15, 0.2) is 16.6 Å². The van der Waals surface area contributed by atoms with Crippen LogP contribution >= 0.6 is 24.8 Å². The molecule has 9 heteroatoms. The van der Waals surface area contributed by atoms with Gasteiger partial charge < -0.3 is 13.6 Å². The molecule has 0 spiro atoms. The van der Waals surface area contributed by atoms with Crippen LogP contribution in [-0.4, -0.2) is 92.1 Å². The first kappa shape index (κ1) is 27.8. The van der Waals surface area contributed by atoms with Crippen molar-refractivity contribution in [2.45, 2.75) is 51.1 Å². The highest BCUT2D eigenvalue weighted by atomic mass is 35.5. The number of halogens is 2. The van der Waals surface area contributed by atoms with E-state index in [-0.39, 0.29) is 24.8 Å². The summed E-state index contributed by atoms with van der Waals surface area (Å²) < 4.78 is 17.7. The fourth-order valence-corrected chi connectivity index (χ4v) is 12.8. The third-order valence-corrected chi connectivity index (χ3v) is 12.8. The van der Waals surface area contributed by atoms with Gasteiger partial charge in [-0.05, 0) is 64.2 Å². The lowest BCUT2D eigenvalue weighted by atomic mass is 10.3. The van der Waals surface area contributed by atoms with E-state index in [1.807, 2.05) is 0 Å². The van der Waals surface area contributed by atoms with Crippen LogP contribution in [-0.2, 0) is 13.6 Å². The van der Waals surface area contributed by atoms with Gasteiger partial charge in [0, 0.05) is 26.2 Å². The lowest BCUT2D eigenvalue weighted by Gasteiger charge is -2.35. The molecule has 0 aromatic rings. The first-order valence-corrected chi connectivity index (χ1v) is 16.4. The van der Waals surface area contributed by atoms with Gasteiger partial charge in [-0.15, -0.1) is 24.8 Å². The van der Waals surface area contributed by atoms with E-state index in [0.29, 0.717) is 0 Å². The molecule has 5 nitrogen and oxygen atoms in total. The second-order valence-corrected chi connectivity index (χ2v) is 17.6. The van der Waals surface area contributed by atoms with E-state index in [4.69, 9.17) is 13.6 Å². The Kier molecular flexibility index (Phi) is 14.4. The van der Waals surface area contributed by atoms with E-state index in [1.165, 1.54) is 38.0 Å². The monoisotopic (exact) mass is 460 g/mol. The van der Waals surface area contributed by atoms with Crippen LogP contribution in [0.3, 0.4) is 0 Å². The molecule has 0 aliphatic carbocycles. The number of hydrogen-bond acceptors (Lipinski definition) is 5. The number of ether oxygens (including phenoxy) is 2. The average molecular weight is 462 g/mol. The zero-order valence-corrected chi connectivity index (χ0v) is 21.5. The molecule has 164 valence electrons. The van der Waals surface area contributed by atoms with Crippen molar-refractivity contribution in [2.75, 3.05) is 65.7 Å². The minimum absolute atomic E-state index is 0. The quantitative estimate of drug-likeness (QED) is 0.464. The van der Waals surface area contributed by atoms with Crippen molar-refractivity contribution >= 4 is 41.4 Å². The molecule has 0 amide bonds. The topological polar surface area (TPSA) is 34.2 Å². The van der Waals surface area contributed by atoms with Gasteiger partial charge in [-0.2, -0.15) is 0 Å². The maximum absolute atomic E-state index is 6.80. The predicted molar refractivity (Wildman–Crippen MR) is 124 cm³/mol. The Bertz CT molecular complexity index is 348. The second kappa shape index (κ2) is 13.9. The summed E-state index contributed by atoms with van der Waals surface area (Å²) in [5, 5.41) is 0. The minimum Gasteiger partial charge on any atom is -0.455 e. The smallest absolute Gasteiger partial charge is 0.173 e. The van der Waals surface area contributed by atoms with Crippen LogP contribution in [0.1, 0.15) is 12.8 Å². The van der Waals surface area contributed by atoms with E-state index in [2.05, 4.69) is 36.0 Å². The standard InChI is InChI=1S/C18H40N2O3Si2.2ClH/c1-24(2,17-5-7-19-9-13-21-14-10-19)23-25(3,4)18-6-8-20-11-15-22-16-12-20;;/h5-18H2,1-4H3;2*1H. The van der Waals surface area contributed by atoms with Gasteiger partial charge in [-0.25, -0.2) is 0 Å². The molecule has 0 bridgehead atoms. The molecule has 0 aromatic carbocycles. The van der Waals surface area contributed by atoms with Crippen molar-refractivity contribution in [3.05, 3.63) is 0 Å². The fourth-order valence-electron chi connectivity index (χ4n) is 3.96. The van der Waals surface area contributed by atoms with Crippen molar-refractivity contribution in [3.63, 3.8) is 0 Å². The molecule has 2 heterocycles. The van der Waals surface area contributed by atoms with Gasteiger partial charge in [-0.3, -0.25) is 9.80 Å². The average Bonchev–Trinajstić information content (AvgIpc) is 2.55. The van der Waals surface area contributed by atoms with Crippen LogP contribution in [0.2, 0.25) is 38.3 Å². The van der Waals surface area contributed by atoms with Crippen molar-refractivity contribution < 1.29 is 13.6 Å². The van der Waals surface area contributed by atoms with E-state index in [9.17, 15) is 0 Å². The summed E-state index contributed by atoms with van der Waals surface area (Å²) in [5.74, 6) is 0. The Hall–Kier alpha value is 0.814. The lowest BCUT2D eigenvalue weighted by Crippen LogP contribution is -2.45. The molecule has 0 aromatic heterocycles. The Labute approximate surface area is 181 Å². The molecule has 2 fully saturated rings. The molecule has 2 aliphatic rings. The van der Waals surface area contributed by atoms with Gasteiger partial charge in [0.1, 0.15) is 0 Å². The molecule has 0 radical (unpaired) electrons. The van der Waals surface area contributed by atoms with Crippen molar-refractivity contribution in [3.8, 4) is 0 Å². The number of nitrogens with zero attached hydrogens (tertiary/aromatic N) is 2. The third-order valence-electron chi connectivity index (χ3n) is 5.27. The molecular formula is C18H42Cl2N2O3Si2. The highest BCUT2D eigenvalue weighted by Crippen LogP contribution is 2.24. The van der Waals surface area contributed by atoms with Crippen LogP contribution in [0.15, 0.2) is 0 Å². The molecule has 2 aliphatic heterocycles. The molecule has 0 unspecified atom stereocenters. The van der Waals surface area contributed by atoms with E-state index < -0.39 is 16.6 Å². The predicted octanol–water partition coefficient (Wildman–Crippen LogP) is 3.70. The van der Waals surface area contributed by atoms with E-state index in [0.717, 1.165) is 52.6 Å². The molecule has 0 atom stereocenters. The molecule has 27 heavy (non-hydrogen) atoms. The summed E-state index contributed by atoms with van der Waals surface area (Å²) >= 11 is 0. The van der Waals surface area contributed by atoms with Crippen LogP contribution in [0.25, 0.3) is 0 Å². The zero-order chi connectivity index (χ0) is 18.2. The normalized spacial score (nSPS) is 20.0. The lowest BCUT2D eigenvalue weighted by molar-refractivity contribution is 0.0379. The Morgan fingerprint density at radius 2 is 1.00 bits per heavy atom. The van der Waals surface area contributed by atoms with Crippen molar-refractivity contribution in [1.29, 1.82) is 0 Å². The summed E-state index contributed by atoms with van der Waals surface area (Å²) in [6.45, 7) is 20.1. The largest absolute Gasteiger partial charge is 0.455 e. The summed E-state index contributed by atoms with van der Waals surface area (Å²) in [7, 11) is -3.09. The number of hydrogen-bond donors (Lipinski definition) is 0. The zero-order valence-electron chi connectivity index (χ0n) is 17.8. The van der Waals surface area contributed by atoms with Gasteiger partial charge in [0.05, 0.1) is 26.4 Å². The summed E-state index contributed by atoms with van der Waals surface area (Å²) in [6, 6.07) is 2.56. The number of morpholine rings is 2. The molecule has 2 rings (SSSR count). The highest BCUT2D eigenvalue weighted by molar-refractivity contribution is 6.84. The van der Waals surface area contributed by atoms with Gasteiger partial charge >= 0.3 is 0 Å². The summed E-state index contributed by atoms with van der Waals surface area (Å²) in [6.07, 6.45) is 2.55. The van der Waals surface area contributed by atoms with E-state index >= 15 is 0 Å². The van der Waals surface area contributed by atoms with Crippen LogP contribution < -0.4 is 0 Å². The van der Waals surface area contributed by atoms with Crippen LogP contribution in [0.5, 0.6) is 0 Å². The van der Waals surface area contributed by atoms with Crippen LogP contribution in [0, 0.1) is 0 Å². The Morgan fingerprint density at radius 1 is 0.667 bits per heavy atom. The molecule has 2 saturated heterocycles. The second-order valence-electron chi connectivity index (χ2n) is 8.74. The molecule has 0 N–H and O–H groups in total. The first-order valence-electron chi connectivity index (χ1n) is 10.2. The third kappa shape index (κ3) is 12.2. The Morgan fingerprint density at radius 3 is 1.33 bits per heavy atom. The maximum atomic E-state index is 6.80. The SMILES string of the molecule is C[Si](C)(CCCN1CCOCC1)O[Si](C)(C)CCCN1CCOCC1.Cl.Cl. The summed E-state index contributed by atoms with van der Waals surface area (Å²) in [4.78, 5) is 5.08. The molecule has 0 saturated carbocycles. The summed E-state index contributed by atoms with van der Waals surface area (Å²) in [5.41, 5.74) is 0. The molecular weight excluding hydrogens is 419 g/mol. The highest BCUT2D eigenvalue weighted by Gasteiger charge is 2.32. The fraction of sp³-hybridized carbons (Fsp3) is 1.00. The maximum Gasteiger partial charge on any atom is 0.173 e. The van der Waals surface area contributed by atoms with Crippen molar-refractivity contribution in [1.82, 2.24) is 9.80 Å². The number of rotatable bonds is 10.